The van der Waals surface area contributed by atoms with E-state index in [4.69, 9.17) is 18.6 Å². The number of benzene rings is 2. The van der Waals surface area contributed by atoms with E-state index in [1.165, 1.54) is 0 Å². The predicted molar refractivity (Wildman–Crippen MR) is 150 cm³/mol. The van der Waals surface area contributed by atoms with E-state index in [0.717, 1.165) is 24.3 Å². The Hall–Kier alpha value is -4.44. The molecule has 1 aliphatic rings. The van der Waals surface area contributed by atoms with Crippen LogP contribution in [0, 0.1) is 0 Å². The van der Waals surface area contributed by atoms with Gasteiger partial charge in [0.05, 0.1) is 22.4 Å². The number of para-hydroxylation sites is 1. The van der Waals surface area contributed by atoms with Crippen LogP contribution in [0.25, 0.3) is 28.2 Å². The molecule has 0 spiro atoms. The summed E-state index contributed by atoms with van der Waals surface area (Å²) in [5, 5.41) is 5.29. The van der Waals surface area contributed by atoms with Gasteiger partial charge in [-0.1, -0.05) is 24.3 Å². The molecule has 5 heterocycles. The molecular formula is C29H22BrN5O4. The average Bonchev–Trinajstić information content (AvgIpc) is 3.59. The molecule has 1 atom stereocenters. The number of aromatic nitrogens is 4. The van der Waals surface area contributed by atoms with E-state index in [-0.39, 0.29) is 0 Å². The lowest BCUT2D eigenvalue weighted by molar-refractivity contribution is 0.422. The van der Waals surface area contributed by atoms with E-state index in [2.05, 4.69) is 56.9 Å². The van der Waals surface area contributed by atoms with E-state index >= 15 is 0 Å². The number of furan rings is 1. The fourth-order valence-corrected chi connectivity index (χ4v) is 5.57. The van der Waals surface area contributed by atoms with Gasteiger partial charge in [0.15, 0.2) is 21.8 Å². The fraction of sp³-hybridized carbons (Fsp3) is 0.172. The second-order valence-corrected chi connectivity index (χ2v) is 9.98. The van der Waals surface area contributed by atoms with Gasteiger partial charge in [-0.3, -0.25) is 0 Å². The maximum atomic E-state index is 13.6. The number of fused-ring (bicyclic) bond motifs is 6. The van der Waals surface area contributed by atoms with Crippen molar-refractivity contribution in [3.05, 3.63) is 98.8 Å². The highest BCUT2D eigenvalue weighted by Crippen LogP contribution is 2.49. The highest BCUT2D eigenvalue weighted by molar-refractivity contribution is 9.10. The zero-order chi connectivity index (χ0) is 26.7. The smallest absolute Gasteiger partial charge is 0.344 e. The van der Waals surface area contributed by atoms with Crippen LogP contribution >= 0.6 is 15.9 Å². The van der Waals surface area contributed by atoms with Crippen LogP contribution in [0.4, 0.5) is 5.69 Å². The van der Waals surface area contributed by atoms with Crippen molar-refractivity contribution in [3.63, 3.8) is 0 Å². The second-order valence-electron chi connectivity index (χ2n) is 9.20. The number of anilines is 1. The zero-order valence-corrected chi connectivity index (χ0v) is 22.7. The number of rotatable bonds is 5. The lowest BCUT2D eigenvalue weighted by Gasteiger charge is -2.28. The van der Waals surface area contributed by atoms with Crippen LogP contribution in [0.15, 0.2) is 85.3 Å². The van der Waals surface area contributed by atoms with E-state index in [9.17, 15) is 4.79 Å². The fourth-order valence-electron chi connectivity index (χ4n) is 5.27. The Bertz CT molecular complexity index is 1920. The van der Waals surface area contributed by atoms with Crippen molar-refractivity contribution in [3.8, 4) is 23.2 Å². The van der Waals surface area contributed by atoms with Gasteiger partial charge in [0.2, 0.25) is 11.7 Å². The minimum atomic E-state index is -0.549. The highest BCUT2D eigenvalue weighted by Gasteiger charge is 2.37. The van der Waals surface area contributed by atoms with Gasteiger partial charge in [-0.2, -0.15) is 0 Å². The maximum absolute atomic E-state index is 13.6. The first-order chi connectivity index (χ1) is 19.1. The van der Waals surface area contributed by atoms with Crippen LogP contribution in [-0.4, -0.2) is 32.7 Å². The van der Waals surface area contributed by atoms with Crippen molar-refractivity contribution in [2.24, 2.45) is 0 Å². The Kier molecular flexibility index (Phi) is 5.52. The number of hydrogen-bond acceptors (Lipinski definition) is 8. The summed E-state index contributed by atoms with van der Waals surface area (Å²) in [5.41, 5.74) is 3.52. The molecule has 2 aromatic carbocycles. The SMILES string of the molecule is CCN(CC)c1ccc(C2c3c(c4ccccc4oc3=O)Oc3ncn4nc(-c5ccc(Br)o5)nc4c32)cc1. The van der Waals surface area contributed by atoms with E-state index in [0.29, 0.717) is 55.6 Å². The Morgan fingerprint density at radius 3 is 2.51 bits per heavy atom. The molecule has 1 unspecified atom stereocenters. The zero-order valence-electron chi connectivity index (χ0n) is 21.1. The number of halogens is 1. The summed E-state index contributed by atoms with van der Waals surface area (Å²) in [5.74, 6) is 1.15. The Labute approximate surface area is 230 Å². The topological polar surface area (TPSA) is 98.9 Å². The number of ether oxygens (including phenoxy) is 1. The Morgan fingerprint density at radius 2 is 1.77 bits per heavy atom. The van der Waals surface area contributed by atoms with E-state index < -0.39 is 11.5 Å². The maximum Gasteiger partial charge on any atom is 0.344 e. The summed E-state index contributed by atoms with van der Waals surface area (Å²) in [6.07, 6.45) is 1.56. The molecule has 1 aliphatic heterocycles. The number of nitrogens with zero attached hydrogens (tertiary/aromatic N) is 5. The molecule has 0 aliphatic carbocycles. The molecular weight excluding hydrogens is 562 g/mol. The van der Waals surface area contributed by atoms with Gasteiger partial charge in [0.1, 0.15) is 11.9 Å². The average molecular weight is 584 g/mol. The molecule has 6 aromatic rings. The van der Waals surface area contributed by atoms with Crippen molar-refractivity contribution in [2.75, 3.05) is 18.0 Å². The normalized spacial score (nSPS) is 14.3. The van der Waals surface area contributed by atoms with Gasteiger partial charge >= 0.3 is 5.63 Å². The molecule has 194 valence electrons. The lowest BCUT2D eigenvalue weighted by Crippen LogP contribution is -2.23. The van der Waals surface area contributed by atoms with Crippen LogP contribution in [-0.2, 0) is 0 Å². The third kappa shape index (κ3) is 3.74. The van der Waals surface area contributed by atoms with Crippen molar-refractivity contribution in [1.29, 1.82) is 0 Å². The van der Waals surface area contributed by atoms with Crippen molar-refractivity contribution >= 4 is 38.2 Å². The first kappa shape index (κ1) is 23.7. The van der Waals surface area contributed by atoms with Crippen molar-refractivity contribution in [1.82, 2.24) is 19.6 Å². The summed E-state index contributed by atoms with van der Waals surface area (Å²) in [4.78, 5) is 25.2. The molecule has 0 saturated heterocycles. The standard InChI is InChI=1S/C29H22BrN5O4/c1-3-34(4-2)17-11-9-16(10-12-17)22-23-25(18-7-5-6-8-19(18)38-29(23)36)39-28-24(22)27-32-26(33-35(27)15-31-28)20-13-14-21(30)37-20/h5-15,22H,3-4H2,1-2H3. The van der Waals surface area contributed by atoms with Gasteiger partial charge in [-0.25, -0.2) is 19.3 Å². The summed E-state index contributed by atoms with van der Waals surface area (Å²) in [6.45, 7) is 6.04. The molecule has 0 saturated carbocycles. The Morgan fingerprint density at radius 1 is 0.974 bits per heavy atom. The van der Waals surface area contributed by atoms with Crippen molar-refractivity contribution < 1.29 is 13.6 Å². The highest BCUT2D eigenvalue weighted by atomic mass is 79.9. The number of hydrogen-bond donors (Lipinski definition) is 0. The van der Waals surface area contributed by atoms with Crippen LogP contribution in [0.1, 0.15) is 36.5 Å². The summed E-state index contributed by atoms with van der Waals surface area (Å²) >= 11 is 3.34. The van der Waals surface area contributed by atoms with Crippen LogP contribution < -0.4 is 15.3 Å². The van der Waals surface area contributed by atoms with Crippen molar-refractivity contribution in [2.45, 2.75) is 19.8 Å². The summed E-state index contributed by atoms with van der Waals surface area (Å²) in [7, 11) is 0. The third-order valence-corrected chi connectivity index (χ3v) is 7.54. The van der Waals surface area contributed by atoms with Gasteiger partial charge in [-0.15, -0.1) is 5.10 Å². The van der Waals surface area contributed by atoms with Crippen LogP contribution in [0.5, 0.6) is 11.6 Å². The molecule has 0 N–H and O–H groups in total. The molecule has 0 fully saturated rings. The summed E-state index contributed by atoms with van der Waals surface area (Å²) in [6, 6.07) is 19.1. The van der Waals surface area contributed by atoms with Gasteiger partial charge in [0, 0.05) is 18.8 Å². The second kappa shape index (κ2) is 9.09. The molecule has 0 bridgehead atoms. The van der Waals surface area contributed by atoms with E-state index in [1.807, 2.05) is 30.3 Å². The molecule has 0 amide bonds. The molecule has 39 heavy (non-hydrogen) atoms. The Balaban J connectivity index is 1.49. The predicted octanol–water partition coefficient (Wildman–Crippen LogP) is 6.39. The molecule has 7 rings (SSSR count). The molecule has 9 nitrogen and oxygen atoms in total. The molecule has 4 aromatic heterocycles. The van der Waals surface area contributed by atoms with Crippen LogP contribution in [0.3, 0.4) is 0 Å². The van der Waals surface area contributed by atoms with E-state index in [1.54, 1.807) is 29.0 Å². The molecule has 10 heteroatoms. The minimum absolute atomic E-state index is 0.364. The largest absolute Gasteiger partial charge is 0.446 e. The van der Waals surface area contributed by atoms with Gasteiger partial charge < -0.3 is 18.5 Å². The van der Waals surface area contributed by atoms with Gasteiger partial charge in [0.25, 0.3) is 0 Å². The molecule has 0 radical (unpaired) electrons. The quantitative estimate of drug-likeness (QED) is 0.215. The minimum Gasteiger partial charge on any atom is -0.446 e. The monoisotopic (exact) mass is 583 g/mol. The van der Waals surface area contributed by atoms with Gasteiger partial charge in [-0.05, 0) is 71.7 Å². The summed E-state index contributed by atoms with van der Waals surface area (Å²) < 4.78 is 20.0. The third-order valence-electron chi connectivity index (χ3n) is 7.11. The first-order valence-corrected chi connectivity index (χ1v) is 13.4. The van der Waals surface area contributed by atoms with Crippen LogP contribution in [0.2, 0.25) is 0 Å². The first-order valence-electron chi connectivity index (χ1n) is 12.6. The lowest BCUT2D eigenvalue weighted by atomic mass is 9.84.